The maximum absolute atomic E-state index is 12.8. The Morgan fingerprint density at radius 1 is 1.11 bits per heavy atom. The van der Waals surface area contributed by atoms with Gasteiger partial charge in [0.15, 0.2) is 0 Å². The van der Waals surface area contributed by atoms with Crippen LogP contribution in [0.4, 0.5) is 11.4 Å². The summed E-state index contributed by atoms with van der Waals surface area (Å²) in [5, 5.41) is 13.5. The topological polar surface area (TPSA) is 110 Å². The van der Waals surface area contributed by atoms with Crippen molar-refractivity contribution in [1.82, 2.24) is 4.31 Å². The number of piperidine rings is 1. The number of hydrogen-bond donors (Lipinski definition) is 1. The highest BCUT2D eigenvalue weighted by Crippen LogP contribution is 2.26. The number of anilines is 1. The molecule has 148 valence electrons. The second-order valence-electron chi connectivity index (χ2n) is 6.37. The van der Waals surface area contributed by atoms with Gasteiger partial charge in [-0.25, -0.2) is 8.42 Å². The fourth-order valence-electron chi connectivity index (χ4n) is 2.99. The summed E-state index contributed by atoms with van der Waals surface area (Å²) in [6.45, 7) is 0.959. The van der Waals surface area contributed by atoms with E-state index in [1.54, 1.807) is 6.07 Å². The Morgan fingerprint density at radius 3 is 2.50 bits per heavy atom. The highest BCUT2D eigenvalue weighted by molar-refractivity contribution is 7.89. The molecule has 1 aliphatic heterocycles. The lowest BCUT2D eigenvalue weighted by Gasteiger charge is -2.26. The van der Waals surface area contributed by atoms with Crippen molar-refractivity contribution < 1.29 is 18.1 Å². The van der Waals surface area contributed by atoms with Crippen molar-refractivity contribution in [3.05, 3.63) is 63.2 Å². The van der Waals surface area contributed by atoms with Crippen molar-refractivity contribution in [3.63, 3.8) is 0 Å². The van der Waals surface area contributed by atoms with Gasteiger partial charge in [0.1, 0.15) is 5.02 Å². The molecule has 28 heavy (non-hydrogen) atoms. The van der Waals surface area contributed by atoms with Gasteiger partial charge < -0.3 is 5.32 Å². The van der Waals surface area contributed by atoms with Crippen LogP contribution in [0.2, 0.25) is 5.02 Å². The minimum Gasteiger partial charge on any atom is -0.322 e. The number of nitro groups is 1. The summed E-state index contributed by atoms with van der Waals surface area (Å²) < 4.78 is 27.0. The van der Waals surface area contributed by atoms with E-state index in [0.717, 1.165) is 25.3 Å². The van der Waals surface area contributed by atoms with Crippen LogP contribution in [0.25, 0.3) is 0 Å². The van der Waals surface area contributed by atoms with Crippen LogP contribution in [0.3, 0.4) is 0 Å². The molecule has 3 rings (SSSR count). The first-order valence-corrected chi connectivity index (χ1v) is 10.5. The van der Waals surface area contributed by atoms with E-state index >= 15 is 0 Å². The van der Waals surface area contributed by atoms with Crippen molar-refractivity contribution in [3.8, 4) is 0 Å². The molecule has 0 saturated carbocycles. The highest BCUT2D eigenvalue weighted by atomic mass is 35.5. The standard InChI is InChI=1S/C18H18ClN3O5S/c19-16-8-7-13(11-17(16)22(24)25)18(23)20-14-5-4-6-15(12-14)28(26,27)21-9-2-1-3-10-21/h4-8,11-12H,1-3,9-10H2,(H,20,23). The summed E-state index contributed by atoms with van der Waals surface area (Å²) in [7, 11) is -3.63. The average molecular weight is 424 g/mol. The third-order valence-corrected chi connectivity index (χ3v) is 6.66. The average Bonchev–Trinajstić information content (AvgIpc) is 2.69. The van der Waals surface area contributed by atoms with Crippen LogP contribution in [0.15, 0.2) is 47.4 Å². The maximum Gasteiger partial charge on any atom is 0.288 e. The number of sulfonamides is 1. The van der Waals surface area contributed by atoms with Gasteiger partial charge in [-0.2, -0.15) is 4.31 Å². The normalized spacial score (nSPS) is 15.2. The lowest BCUT2D eigenvalue weighted by atomic mass is 10.2. The lowest BCUT2D eigenvalue weighted by molar-refractivity contribution is -0.384. The fraction of sp³-hybridized carbons (Fsp3) is 0.278. The summed E-state index contributed by atoms with van der Waals surface area (Å²) in [5.41, 5.74) is -0.0585. The van der Waals surface area contributed by atoms with Gasteiger partial charge in [0.2, 0.25) is 10.0 Å². The first-order chi connectivity index (χ1) is 13.3. The number of rotatable bonds is 5. The molecule has 0 aliphatic carbocycles. The van der Waals surface area contributed by atoms with Crippen LogP contribution < -0.4 is 5.32 Å². The van der Waals surface area contributed by atoms with Crippen molar-refractivity contribution in [2.45, 2.75) is 24.2 Å². The van der Waals surface area contributed by atoms with Crippen molar-refractivity contribution in [2.75, 3.05) is 18.4 Å². The Labute approximate surface area is 167 Å². The van der Waals surface area contributed by atoms with E-state index in [1.165, 1.54) is 34.6 Å². The summed E-state index contributed by atoms with van der Waals surface area (Å²) in [6.07, 6.45) is 2.66. The smallest absolute Gasteiger partial charge is 0.288 e. The van der Waals surface area contributed by atoms with Gasteiger partial charge in [0, 0.05) is 30.4 Å². The first kappa shape index (κ1) is 20.2. The van der Waals surface area contributed by atoms with Crippen LogP contribution in [-0.4, -0.2) is 36.6 Å². The molecule has 1 N–H and O–H groups in total. The predicted molar refractivity (Wildman–Crippen MR) is 105 cm³/mol. The van der Waals surface area contributed by atoms with Gasteiger partial charge in [-0.15, -0.1) is 0 Å². The monoisotopic (exact) mass is 423 g/mol. The van der Waals surface area contributed by atoms with Crippen molar-refractivity contribution in [1.29, 1.82) is 0 Å². The summed E-state index contributed by atoms with van der Waals surface area (Å²) in [4.78, 5) is 22.8. The number of amides is 1. The van der Waals surface area contributed by atoms with E-state index in [9.17, 15) is 23.3 Å². The molecule has 2 aromatic rings. The zero-order valence-electron chi connectivity index (χ0n) is 14.8. The molecule has 1 aliphatic rings. The maximum atomic E-state index is 12.8. The van der Waals surface area contributed by atoms with Gasteiger partial charge in [0.05, 0.1) is 9.82 Å². The number of halogens is 1. The Balaban J connectivity index is 1.82. The molecule has 0 bridgehead atoms. The van der Waals surface area contributed by atoms with Crippen LogP contribution >= 0.6 is 11.6 Å². The number of nitrogens with one attached hydrogen (secondary N) is 1. The number of benzene rings is 2. The van der Waals surface area contributed by atoms with Crippen molar-refractivity contribution in [2.24, 2.45) is 0 Å². The molecule has 0 radical (unpaired) electrons. The number of carbonyl (C=O) groups excluding carboxylic acids is 1. The second kappa shape index (κ2) is 8.26. The molecule has 10 heteroatoms. The predicted octanol–water partition coefficient (Wildman–Crippen LogP) is 3.68. The minimum atomic E-state index is -3.63. The van der Waals surface area contributed by atoms with Gasteiger partial charge in [0.25, 0.3) is 11.6 Å². The number of nitro benzene ring substituents is 1. The molecule has 0 aromatic heterocycles. The third kappa shape index (κ3) is 4.32. The number of nitrogens with zero attached hydrogens (tertiary/aromatic N) is 2. The van der Waals surface area contributed by atoms with E-state index in [-0.39, 0.29) is 26.9 Å². The van der Waals surface area contributed by atoms with Crippen molar-refractivity contribution >= 4 is 38.9 Å². The lowest BCUT2D eigenvalue weighted by Crippen LogP contribution is -2.35. The van der Waals surface area contributed by atoms with Gasteiger partial charge in [-0.3, -0.25) is 14.9 Å². The quantitative estimate of drug-likeness (QED) is 0.582. The summed E-state index contributed by atoms with van der Waals surface area (Å²) in [5.74, 6) is -0.604. The summed E-state index contributed by atoms with van der Waals surface area (Å²) in [6, 6.07) is 9.66. The van der Waals surface area contributed by atoms with E-state index in [4.69, 9.17) is 11.6 Å². The molecule has 1 heterocycles. The van der Waals surface area contributed by atoms with E-state index in [1.807, 2.05) is 0 Å². The molecule has 0 spiro atoms. The fourth-order valence-corrected chi connectivity index (χ4v) is 4.74. The van der Waals surface area contributed by atoms with Gasteiger partial charge >= 0.3 is 0 Å². The van der Waals surface area contributed by atoms with Gasteiger partial charge in [-0.1, -0.05) is 24.1 Å². The molecule has 1 fully saturated rings. The van der Waals surface area contributed by atoms with E-state index in [2.05, 4.69) is 5.32 Å². The zero-order chi connectivity index (χ0) is 20.3. The molecular formula is C18H18ClN3O5S. The number of hydrogen-bond acceptors (Lipinski definition) is 5. The minimum absolute atomic E-state index is 0.0420. The molecule has 2 aromatic carbocycles. The molecule has 8 nitrogen and oxygen atoms in total. The Hall–Kier alpha value is -2.49. The second-order valence-corrected chi connectivity index (χ2v) is 8.72. The van der Waals surface area contributed by atoms with E-state index < -0.39 is 20.9 Å². The SMILES string of the molecule is O=C(Nc1cccc(S(=O)(=O)N2CCCCC2)c1)c1ccc(Cl)c([N+](=O)[O-])c1. The van der Waals surface area contributed by atoms with Crippen LogP contribution in [0, 0.1) is 10.1 Å². The number of carbonyl (C=O) groups is 1. The summed E-state index contributed by atoms with van der Waals surface area (Å²) >= 11 is 5.76. The Kier molecular flexibility index (Phi) is 5.97. The van der Waals surface area contributed by atoms with Crippen LogP contribution in [0.1, 0.15) is 29.6 Å². The molecule has 1 saturated heterocycles. The van der Waals surface area contributed by atoms with Crippen LogP contribution in [-0.2, 0) is 10.0 Å². The van der Waals surface area contributed by atoms with Crippen LogP contribution in [0.5, 0.6) is 0 Å². The highest BCUT2D eigenvalue weighted by Gasteiger charge is 2.26. The third-order valence-electron chi connectivity index (χ3n) is 4.45. The Bertz CT molecular complexity index is 1020. The molecule has 0 atom stereocenters. The molecule has 0 unspecified atom stereocenters. The Morgan fingerprint density at radius 2 is 1.82 bits per heavy atom. The largest absolute Gasteiger partial charge is 0.322 e. The van der Waals surface area contributed by atoms with E-state index in [0.29, 0.717) is 13.1 Å². The zero-order valence-corrected chi connectivity index (χ0v) is 16.4. The molecule has 1 amide bonds. The molecular weight excluding hydrogens is 406 g/mol. The van der Waals surface area contributed by atoms with Gasteiger partial charge in [-0.05, 0) is 43.2 Å². The first-order valence-electron chi connectivity index (χ1n) is 8.64.